The van der Waals surface area contributed by atoms with E-state index in [1.807, 2.05) is 0 Å². The zero-order valence-electron chi connectivity index (χ0n) is 20.2. The molecular weight excluding hydrogens is 476 g/mol. The van der Waals surface area contributed by atoms with Gasteiger partial charge < -0.3 is 43.2 Å². The highest BCUT2D eigenvalue weighted by Gasteiger charge is 2.31. The summed E-state index contributed by atoms with van der Waals surface area (Å²) in [6.45, 7) is 3.61. The molecule has 5 amide bonds. The van der Waals surface area contributed by atoms with Crippen LogP contribution in [0.5, 0.6) is 0 Å². The number of amides is 5. The van der Waals surface area contributed by atoms with E-state index < -0.39 is 66.1 Å². The highest BCUT2D eigenvalue weighted by molar-refractivity contribution is 5.95. The Morgan fingerprint density at radius 2 is 1.53 bits per heavy atom. The fourth-order valence-electron chi connectivity index (χ4n) is 3.21. The van der Waals surface area contributed by atoms with E-state index in [0.717, 1.165) is 0 Å². The quantitative estimate of drug-likeness (QED) is 0.112. The summed E-state index contributed by atoms with van der Waals surface area (Å²) in [5, 5.41) is 16.7. The van der Waals surface area contributed by atoms with Crippen LogP contribution >= 0.6 is 0 Å². The molecule has 0 bridgehead atoms. The topological polar surface area (TPSA) is 265 Å². The summed E-state index contributed by atoms with van der Waals surface area (Å²) >= 11 is 0. The molecule has 1 rings (SSSR count). The van der Waals surface area contributed by atoms with Crippen molar-refractivity contribution in [3.8, 4) is 0 Å². The molecule has 200 valence electrons. The van der Waals surface area contributed by atoms with E-state index in [-0.39, 0.29) is 31.6 Å². The third-order valence-corrected chi connectivity index (χ3v) is 5.00. The van der Waals surface area contributed by atoms with Gasteiger partial charge in [-0.2, -0.15) is 0 Å². The van der Waals surface area contributed by atoms with Gasteiger partial charge in [-0.1, -0.05) is 13.8 Å². The summed E-state index contributed by atoms with van der Waals surface area (Å²) < 4.78 is 0. The van der Waals surface area contributed by atoms with Gasteiger partial charge in [-0.15, -0.1) is 0 Å². The number of aromatic amines is 1. The van der Waals surface area contributed by atoms with Crippen molar-refractivity contribution in [1.29, 1.82) is 0 Å². The summed E-state index contributed by atoms with van der Waals surface area (Å²) in [5.74, 6) is -5.31. The van der Waals surface area contributed by atoms with Crippen LogP contribution in [-0.2, 0) is 35.2 Å². The molecule has 0 fully saturated rings. The number of carbonyl (C=O) groups is 6. The van der Waals surface area contributed by atoms with Crippen molar-refractivity contribution < 1.29 is 33.9 Å². The molecule has 0 saturated heterocycles. The lowest BCUT2D eigenvalue weighted by Gasteiger charge is -2.25. The number of hydrogen-bond donors (Lipinski definition) is 8. The van der Waals surface area contributed by atoms with Crippen LogP contribution in [-0.4, -0.2) is 74.7 Å². The second-order valence-electron chi connectivity index (χ2n) is 8.71. The molecule has 0 spiro atoms. The lowest BCUT2D eigenvalue weighted by Crippen LogP contribution is -2.58. The monoisotopic (exact) mass is 510 g/mol. The Bertz CT molecular complexity index is 935. The normalized spacial score (nSPS) is 14.2. The minimum Gasteiger partial charge on any atom is -0.480 e. The Morgan fingerprint density at radius 3 is 2.03 bits per heavy atom. The summed E-state index contributed by atoms with van der Waals surface area (Å²) in [6, 6.07) is -5.07. The Morgan fingerprint density at radius 1 is 0.944 bits per heavy atom. The number of aliphatic carboxylic acids is 1. The average Bonchev–Trinajstić information content (AvgIpc) is 3.27. The fourth-order valence-corrected chi connectivity index (χ4v) is 3.21. The number of carboxylic acids is 1. The molecule has 1 heterocycles. The minimum atomic E-state index is -1.43. The summed E-state index contributed by atoms with van der Waals surface area (Å²) in [4.78, 5) is 78.7. The van der Waals surface area contributed by atoms with Crippen LogP contribution in [0.3, 0.4) is 0 Å². The number of aromatic nitrogens is 2. The average molecular weight is 511 g/mol. The highest BCUT2D eigenvalue weighted by Crippen LogP contribution is 2.08. The molecule has 1 aromatic heterocycles. The zero-order valence-corrected chi connectivity index (χ0v) is 20.2. The van der Waals surface area contributed by atoms with Crippen molar-refractivity contribution in [1.82, 2.24) is 25.9 Å². The number of hydrogen-bond acceptors (Lipinski definition) is 8. The number of nitrogens with two attached hydrogens (primary N) is 3. The van der Waals surface area contributed by atoms with E-state index in [4.69, 9.17) is 17.2 Å². The summed E-state index contributed by atoms with van der Waals surface area (Å²) in [6.07, 6.45) is 1.94. The minimum absolute atomic E-state index is 0.0570. The number of nitrogens with one attached hydrogen (secondary N) is 4. The number of carboxylic acid groups (broad SMARTS) is 1. The van der Waals surface area contributed by atoms with Gasteiger partial charge in [0.25, 0.3) is 0 Å². The highest BCUT2D eigenvalue weighted by atomic mass is 16.4. The maximum atomic E-state index is 13.1. The molecule has 36 heavy (non-hydrogen) atoms. The van der Waals surface area contributed by atoms with Gasteiger partial charge in [0.1, 0.15) is 18.1 Å². The van der Waals surface area contributed by atoms with Crippen LogP contribution in [0.1, 0.15) is 45.2 Å². The van der Waals surface area contributed by atoms with Crippen molar-refractivity contribution >= 4 is 35.5 Å². The van der Waals surface area contributed by atoms with Gasteiger partial charge in [-0.05, 0) is 18.8 Å². The molecule has 15 heteroatoms. The predicted octanol–water partition coefficient (Wildman–Crippen LogP) is -2.99. The number of nitrogens with zero attached hydrogens (tertiary/aromatic N) is 1. The van der Waals surface area contributed by atoms with Gasteiger partial charge in [0.05, 0.1) is 18.8 Å². The van der Waals surface area contributed by atoms with Crippen LogP contribution in [0, 0.1) is 5.92 Å². The smallest absolute Gasteiger partial charge is 0.326 e. The van der Waals surface area contributed by atoms with Crippen LogP contribution in [0.25, 0.3) is 0 Å². The molecule has 0 saturated carbocycles. The summed E-state index contributed by atoms with van der Waals surface area (Å²) in [7, 11) is 0. The number of imidazole rings is 1. The second-order valence-corrected chi connectivity index (χ2v) is 8.71. The van der Waals surface area contributed by atoms with E-state index in [1.54, 1.807) is 13.8 Å². The Kier molecular flexibility index (Phi) is 12.0. The third kappa shape index (κ3) is 10.9. The van der Waals surface area contributed by atoms with Gasteiger partial charge in [0, 0.05) is 24.7 Å². The van der Waals surface area contributed by atoms with Gasteiger partial charge in [-0.3, -0.25) is 24.0 Å². The van der Waals surface area contributed by atoms with Gasteiger partial charge in [-0.25, -0.2) is 9.78 Å². The molecule has 0 aliphatic carbocycles. The lowest BCUT2D eigenvalue weighted by molar-refractivity contribution is -0.142. The first-order valence-electron chi connectivity index (χ1n) is 11.2. The van der Waals surface area contributed by atoms with Crippen LogP contribution in [0.4, 0.5) is 0 Å². The van der Waals surface area contributed by atoms with Crippen molar-refractivity contribution in [2.24, 2.45) is 23.1 Å². The van der Waals surface area contributed by atoms with Crippen LogP contribution in [0.2, 0.25) is 0 Å². The first kappa shape index (κ1) is 30.0. The first-order valence-corrected chi connectivity index (χ1v) is 11.2. The van der Waals surface area contributed by atoms with Crippen molar-refractivity contribution in [3.05, 3.63) is 18.2 Å². The first-order chi connectivity index (χ1) is 16.8. The largest absolute Gasteiger partial charge is 0.480 e. The standard InChI is InChI=1S/C21H34N8O7/c1-10(2)5-14(28-18(32)12(22)7-17(24)31)19(33)29-15(6-11-8-25-9-26-11)20(34)27-13(21(35)36)3-4-16(23)30/h8-10,12-15H,3-7,22H2,1-2H3,(H2,23,30)(H2,24,31)(H,25,26)(H,27,34)(H,28,32)(H,29,33)(H,35,36). The van der Waals surface area contributed by atoms with E-state index in [0.29, 0.717) is 5.69 Å². The van der Waals surface area contributed by atoms with Crippen LogP contribution < -0.4 is 33.2 Å². The van der Waals surface area contributed by atoms with E-state index in [9.17, 15) is 33.9 Å². The Balaban J connectivity index is 3.07. The molecule has 1 aromatic rings. The molecule has 0 aromatic carbocycles. The SMILES string of the molecule is CC(C)CC(NC(=O)C(N)CC(N)=O)C(=O)NC(Cc1cnc[nH]1)C(=O)NC(CCC(N)=O)C(=O)O. The van der Waals surface area contributed by atoms with Gasteiger partial charge in [0.2, 0.25) is 29.5 Å². The fraction of sp³-hybridized carbons (Fsp3) is 0.571. The Labute approximate surface area is 207 Å². The molecule has 11 N–H and O–H groups in total. The van der Waals surface area contributed by atoms with Crippen molar-refractivity contribution in [2.75, 3.05) is 0 Å². The van der Waals surface area contributed by atoms with Crippen molar-refractivity contribution in [3.63, 3.8) is 0 Å². The van der Waals surface area contributed by atoms with Gasteiger partial charge in [0.15, 0.2) is 0 Å². The van der Waals surface area contributed by atoms with E-state index >= 15 is 0 Å². The lowest BCUT2D eigenvalue weighted by atomic mass is 10.0. The number of H-pyrrole nitrogens is 1. The predicted molar refractivity (Wildman–Crippen MR) is 125 cm³/mol. The molecule has 0 radical (unpaired) electrons. The maximum absolute atomic E-state index is 13.1. The van der Waals surface area contributed by atoms with E-state index in [2.05, 4.69) is 25.9 Å². The zero-order chi connectivity index (χ0) is 27.4. The Hall–Kier alpha value is -4.01. The second kappa shape index (κ2) is 14.4. The van der Waals surface area contributed by atoms with Gasteiger partial charge >= 0.3 is 5.97 Å². The molecule has 4 atom stereocenters. The number of carbonyl (C=O) groups excluding carboxylic acids is 5. The number of primary amides is 2. The third-order valence-electron chi connectivity index (χ3n) is 5.00. The van der Waals surface area contributed by atoms with E-state index in [1.165, 1.54) is 12.5 Å². The maximum Gasteiger partial charge on any atom is 0.326 e. The molecule has 0 aliphatic rings. The van der Waals surface area contributed by atoms with Crippen molar-refractivity contribution in [2.45, 2.75) is 70.1 Å². The van der Waals surface area contributed by atoms with Crippen LogP contribution in [0.15, 0.2) is 12.5 Å². The molecule has 0 aliphatic heterocycles. The summed E-state index contributed by atoms with van der Waals surface area (Å²) in [5.41, 5.74) is 16.3. The molecule has 15 nitrogen and oxygen atoms in total. The molecule has 4 unspecified atom stereocenters. The molecular formula is C21H34N8O7. The number of rotatable bonds is 16.